The highest BCUT2D eigenvalue weighted by Gasteiger charge is 2.19. The van der Waals surface area contributed by atoms with E-state index in [-0.39, 0.29) is 16.6 Å². The number of ether oxygens (including phenoxy) is 1. The molecule has 128 valence electrons. The number of hydrogen-bond acceptors (Lipinski definition) is 5. The van der Waals surface area contributed by atoms with Crippen molar-refractivity contribution in [1.82, 2.24) is 9.62 Å². The molecule has 0 amide bonds. The molecule has 7 nitrogen and oxygen atoms in total. The fourth-order valence-corrected chi connectivity index (χ4v) is 3.66. The molecular weight excluding hydrogens is 320 g/mol. The van der Waals surface area contributed by atoms with Crippen LogP contribution in [0.3, 0.4) is 0 Å². The lowest BCUT2D eigenvalue weighted by atomic mass is 10.1. The smallest absolute Gasteiger partial charge is 0.335 e. The van der Waals surface area contributed by atoms with Gasteiger partial charge in [0.05, 0.1) is 23.2 Å². The van der Waals surface area contributed by atoms with Gasteiger partial charge in [-0.1, -0.05) is 0 Å². The molecule has 0 saturated carbocycles. The molecule has 0 radical (unpaired) electrons. The predicted molar refractivity (Wildman–Crippen MR) is 85.2 cm³/mol. The van der Waals surface area contributed by atoms with Crippen molar-refractivity contribution in [2.75, 3.05) is 32.8 Å². The lowest BCUT2D eigenvalue weighted by Crippen LogP contribution is -2.44. The summed E-state index contributed by atoms with van der Waals surface area (Å²) in [6.07, 6.45) is 0.159. The Morgan fingerprint density at radius 2 is 2.22 bits per heavy atom. The Labute approximate surface area is 136 Å². The molecule has 1 atom stereocenters. The fraction of sp³-hybridized carbons (Fsp3) is 0.533. The van der Waals surface area contributed by atoms with Gasteiger partial charge in [-0.15, -0.1) is 0 Å². The van der Waals surface area contributed by atoms with Crippen LogP contribution in [-0.4, -0.2) is 63.3 Å². The van der Waals surface area contributed by atoms with Gasteiger partial charge in [0.1, 0.15) is 0 Å². The highest BCUT2D eigenvalue weighted by Crippen LogP contribution is 2.15. The lowest BCUT2D eigenvalue weighted by Gasteiger charge is -2.30. The number of sulfonamides is 1. The molecule has 0 bridgehead atoms. The van der Waals surface area contributed by atoms with Crippen LogP contribution in [0, 0.1) is 6.92 Å². The van der Waals surface area contributed by atoms with Gasteiger partial charge >= 0.3 is 5.97 Å². The van der Waals surface area contributed by atoms with E-state index >= 15 is 0 Å². The van der Waals surface area contributed by atoms with Crippen LogP contribution >= 0.6 is 0 Å². The molecule has 0 aliphatic carbocycles. The molecule has 1 aliphatic heterocycles. The Hall–Kier alpha value is -1.48. The van der Waals surface area contributed by atoms with Crippen molar-refractivity contribution in [1.29, 1.82) is 0 Å². The quantitative estimate of drug-likeness (QED) is 0.790. The van der Waals surface area contributed by atoms with Crippen molar-refractivity contribution >= 4 is 16.0 Å². The molecule has 0 aromatic heterocycles. The summed E-state index contributed by atoms with van der Waals surface area (Å²) >= 11 is 0. The summed E-state index contributed by atoms with van der Waals surface area (Å²) in [5.74, 6) is -1.07. The summed E-state index contributed by atoms with van der Waals surface area (Å²) in [5, 5.41) is 8.99. The molecule has 8 heteroatoms. The maximum atomic E-state index is 12.3. The average Bonchev–Trinajstić information content (AvgIpc) is 2.46. The minimum atomic E-state index is -3.64. The van der Waals surface area contributed by atoms with Gasteiger partial charge in [0.25, 0.3) is 0 Å². The zero-order chi connectivity index (χ0) is 17.0. The van der Waals surface area contributed by atoms with E-state index in [0.29, 0.717) is 25.3 Å². The molecule has 23 heavy (non-hydrogen) atoms. The summed E-state index contributed by atoms with van der Waals surface area (Å²) in [7, 11) is -3.64. The third-order valence-corrected chi connectivity index (χ3v) is 5.24. The molecule has 1 heterocycles. The molecule has 1 aromatic rings. The molecule has 1 saturated heterocycles. The second-order valence-corrected chi connectivity index (χ2v) is 7.43. The first-order chi connectivity index (χ1) is 10.8. The largest absolute Gasteiger partial charge is 0.478 e. The highest BCUT2D eigenvalue weighted by molar-refractivity contribution is 7.89. The van der Waals surface area contributed by atoms with E-state index in [1.54, 1.807) is 6.92 Å². The number of morpholine rings is 1. The second-order valence-electron chi connectivity index (χ2n) is 5.66. The standard InChI is InChI=1S/C15H22N2O5S/c1-11-9-13(3-4-14(11)15(18)19)23(20,21)16-5-6-17-7-8-22-12(2)10-17/h3-4,9,12,16H,5-8,10H2,1-2H3,(H,18,19). The molecule has 2 N–H and O–H groups in total. The van der Waals surface area contributed by atoms with Crippen molar-refractivity contribution in [3.63, 3.8) is 0 Å². The number of benzene rings is 1. The monoisotopic (exact) mass is 342 g/mol. The number of rotatable bonds is 6. The SMILES string of the molecule is Cc1cc(S(=O)(=O)NCCN2CCOC(C)C2)ccc1C(=O)O. The van der Waals surface area contributed by atoms with Crippen molar-refractivity contribution in [2.24, 2.45) is 0 Å². The molecular formula is C15H22N2O5S. The van der Waals surface area contributed by atoms with Gasteiger partial charge in [-0.2, -0.15) is 0 Å². The third-order valence-electron chi connectivity index (χ3n) is 3.78. The molecule has 2 rings (SSSR count). The predicted octanol–water partition coefficient (Wildman–Crippen LogP) is 0.692. The molecule has 1 fully saturated rings. The topological polar surface area (TPSA) is 95.9 Å². The average molecular weight is 342 g/mol. The number of carboxylic acids is 1. The van der Waals surface area contributed by atoms with Crippen LogP contribution in [0.15, 0.2) is 23.1 Å². The highest BCUT2D eigenvalue weighted by atomic mass is 32.2. The summed E-state index contributed by atoms with van der Waals surface area (Å²) in [6.45, 7) is 6.71. The first kappa shape index (κ1) is 17.9. The Kier molecular flexibility index (Phi) is 5.74. The number of nitrogens with one attached hydrogen (secondary N) is 1. The van der Waals surface area contributed by atoms with Crippen LogP contribution < -0.4 is 4.72 Å². The van der Waals surface area contributed by atoms with Crippen LogP contribution in [0.1, 0.15) is 22.8 Å². The van der Waals surface area contributed by atoms with E-state index in [1.807, 2.05) is 6.92 Å². The van der Waals surface area contributed by atoms with E-state index in [9.17, 15) is 13.2 Å². The third kappa shape index (κ3) is 4.74. The van der Waals surface area contributed by atoms with E-state index in [2.05, 4.69) is 9.62 Å². The number of nitrogens with zero attached hydrogens (tertiary/aromatic N) is 1. The Morgan fingerprint density at radius 3 is 2.83 bits per heavy atom. The zero-order valence-corrected chi connectivity index (χ0v) is 14.1. The number of aryl methyl sites for hydroxylation is 1. The summed E-state index contributed by atoms with van der Waals surface area (Å²) in [6, 6.07) is 4.01. The van der Waals surface area contributed by atoms with E-state index in [4.69, 9.17) is 9.84 Å². The van der Waals surface area contributed by atoms with Gasteiger partial charge < -0.3 is 9.84 Å². The van der Waals surface area contributed by atoms with Gasteiger partial charge in [0.2, 0.25) is 10.0 Å². The minimum Gasteiger partial charge on any atom is -0.478 e. The van der Waals surface area contributed by atoms with Crippen molar-refractivity contribution in [2.45, 2.75) is 24.8 Å². The van der Waals surface area contributed by atoms with Gasteiger partial charge in [-0.25, -0.2) is 17.9 Å². The zero-order valence-electron chi connectivity index (χ0n) is 13.3. The Bertz CT molecular complexity index is 674. The molecule has 1 unspecified atom stereocenters. The van der Waals surface area contributed by atoms with E-state index in [0.717, 1.165) is 13.1 Å². The van der Waals surface area contributed by atoms with Crippen LogP contribution in [0.2, 0.25) is 0 Å². The maximum Gasteiger partial charge on any atom is 0.335 e. The van der Waals surface area contributed by atoms with Crippen molar-refractivity contribution < 1.29 is 23.1 Å². The number of hydrogen-bond donors (Lipinski definition) is 2. The van der Waals surface area contributed by atoms with Gasteiger partial charge in [-0.3, -0.25) is 4.90 Å². The van der Waals surface area contributed by atoms with Crippen LogP contribution in [-0.2, 0) is 14.8 Å². The number of carbonyl (C=O) groups is 1. The first-order valence-electron chi connectivity index (χ1n) is 7.47. The minimum absolute atomic E-state index is 0.0790. The normalized spacial score (nSPS) is 19.7. The van der Waals surface area contributed by atoms with Gasteiger partial charge in [0.15, 0.2) is 0 Å². The fourth-order valence-electron chi connectivity index (χ4n) is 2.56. The molecule has 1 aliphatic rings. The summed E-state index contributed by atoms with van der Waals surface area (Å²) < 4.78 is 32.5. The Balaban J connectivity index is 1.96. The maximum absolute atomic E-state index is 12.3. The Morgan fingerprint density at radius 1 is 1.48 bits per heavy atom. The van der Waals surface area contributed by atoms with Crippen LogP contribution in [0.5, 0.6) is 0 Å². The summed E-state index contributed by atoms with van der Waals surface area (Å²) in [4.78, 5) is 13.2. The van der Waals surface area contributed by atoms with Gasteiger partial charge in [-0.05, 0) is 37.6 Å². The van der Waals surface area contributed by atoms with Crippen molar-refractivity contribution in [3.8, 4) is 0 Å². The molecule has 1 aromatic carbocycles. The van der Waals surface area contributed by atoms with Gasteiger partial charge in [0, 0.05) is 26.2 Å². The summed E-state index contributed by atoms with van der Waals surface area (Å²) in [5.41, 5.74) is 0.522. The molecule has 0 spiro atoms. The van der Waals surface area contributed by atoms with Crippen LogP contribution in [0.4, 0.5) is 0 Å². The second kappa shape index (κ2) is 7.39. The van der Waals surface area contributed by atoms with Crippen molar-refractivity contribution in [3.05, 3.63) is 29.3 Å². The van der Waals surface area contributed by atoms with Crippen LogP contribution in [0.25, 0.3) is 0 Å². The lowest BCUT2D eigenvalue weighted by molar-refractivity contribution is -0.0172. The first-order valence-corrected chi connectivity index (χ1v) is 8.95. The number of aromatic carboxylic acids is 1. The number of carboxylic acid groups (broad SMARTS) is 1. The van der Waals surface area contributed by atoms with E-state index in [1.165, 1.54) is 18.2 Å². The van der Waals surface area contributed by atoms with E-state index < -0.39 is 16.0 Å².